The Labute approximate surface area is 163 Å². The van der Waals surface area contributed by atoms with Crippen molar-refractivity contribution >= 4 is 5.91 Å². The first-order valence-corrected chi connectivity index (χ1v) is 9.97. The van der Waals surface area contributed by atoms with Crippen LogP contribution < -0.4 is 4.74 Å². The molecule has 0 bridgehead atoms. The van der Waals surface area contributed by atoms with Crippen molar-refractivity contribution in [2.24, 2.45) is 5.92 Å². The second kappa shape index (κ2) is 10.2. The molecular weight excluding hydrogens is 338 g/mol. The van der Waals surface area contributed by atoms with Crippen LogP contribution in [0.15, 0.2) is 47.1 Å². The Morgan fingerprint density at radius 3 is 2.33 bits per heavy atom. The molecule has 0 saturated carbocycles. The van der Waals surface area contributed by atoms with E-state index in [-0.39, 0.29) is 12.0 Å². The number of rotatable bonds is 10. The minimum atomic E-state index is 0.162. The molecular formula is C23H33NO3. The topological polar surface area (TPSA) is 42.7 Å². The van der Waals surface area contributed by atoms with Crippen LogP contribution >= 0.6 is 0 Å². The highest BCUT2D eigenvalue weighted by Crippen LogP contribution is 2.30. The maximum atomic E-state index is 12.4. The zero-order valence-corrected chi connectivity index (χ0v) is 17.3. The number of furan rings is 1. The summed E-state index contributed by atoms with van der Waals surface area (Å²) in [5, 5.41) is 0. The monoisotopic (exact) mass is 371 g/mol. The second-order valence-electron chi connectivity index (χ2n) is 7.62. The molecule has 0 aliphatic rings. The zero-order valence-electron chi connectivity index (χ0n) is 17.3. The SMILES string of the molecule is CCC(=O)N(CCC(c1ccc(OC(C)C)cc1)C(C)C)Cc1ccco1. The summed E-state index contributed by atoms with van der Waals surface area (Å²) in [6, 6.07) is 12.2. The molecule has 1 unspecified atom stereocenters. The van der Waals surface area contributed by atoms with Crippen molar-refractivity contribution in [3.63, 3.8) is 0 Å². The molecule has 1 amide bonds. The number of hydrogen-bond donors (Lipinski definition) is 0. The number of benzene rings is 1. The summed E-state index contributed by atoms with van der Waals surface area (Å²) in [6.07, 6.45) is 3.26. The van der Waals surface area contributed by atoms with E-state index in [0.717, 1.165) is 24.5 Å². The summed E-state index contributed by atoms with van der Waals surface area (Å²) in [7, 11) is 0. The van der Waals surface area contributed by atoms with Crippen LogP contribution in [0.2, 0.25) is 0 Å². The van der Waals surface area contributed by atoms with Crippen molar-refractivity contribution in [1.82, 2.24) is 4.90 Å². The molecule has 0 N–H and O–H groups in total. The molecule has 0 aliphatic heterocycles. The Morgan fingerprint density at radius 1 is 1.11 bits per heavy atom. The molecule has 27 heavy (non-hydrogen) atoms. The molecule has 0 aliphatic carbocycles. The first-order valence-electron chi connectivity index (χ1n) is 9.97. The Bertz CT molecular complexity index is 674. The second-order valence-corrected chi connectivity index (χ2v) is 7.62. The highest BCUT2D eigenvalue weighted by Gasteiger charge is 2.20. The Morgan fingerprint density at radius 2 is 1.81 bits per heavy atom. The quantitative estimate of drug-likeness (QED) is 0.543. The van der Waals surface area contributed by atoms with Gasteiger partial charge in [-0.25, -0.2) is 0 Å². The van der Waals surface area contributed by atoms with E-state index in [1.165, 1.54) is 5.56 Å². The third-order valence-corrected chi connectivity index (χ3v) is 4.78. The minimum absolute atomic E-state index is 0.162. The molecule has 1 aromatic carbocycles. The van der Waals surface area contributed by atoms with Gasteiger partial charge in [0.1, 0.15) is 11.5 Å². The normalized spacial score (nSPS) is 12.4. The molecule has 4 heteroatoms. The van der Waals surface area contributed by atoms with Crippen molar-refractivity contribution in [2.45, 2.75) is 66.0 Å². The maximum absolute atomic E-state index is 12.4. The molecule has 2 rings (SSSR count). The third kappa shape index (κ3) is 6.46. The van der Waals surface area contributed by atoms with Crippen LogP contribution in [0.3, 0.4) is 0 Å². The first kappa shape index (κ1) is 21.1. The van der Waals surface area contributed by atoms with Gasteiger partial charge in [-0.05, 0) is 61.9 Å². The van der Waals surface area contributed by atoms with E-state index in [0.29, 0.717) is 24.8 Å². The smallest absolute Gasteiger partial charge is 0.222 e. The predicted octanol–water partition coefficient (Wildman–Crippen LogP) is 5.64. The Balaban J connectivity index is 2.06. The molecule has 148 valence electrons. The largest absolute Gasteiger partial charge is 0.491 e. The van der Waals surface area contributed by atoms with Gasteiger partial charge in [-0.1, -0.05) is 32.9 Å². The van der Waals surface area contributed by atoms with Gasteiger partial charge in [-0.3, -0.25) is 4.79 Å². The standard InChI is InChI=1S/C23H33NO3/c1-6-23(25)24(16-21-8-7-15-26-21)14-13-22(17(2)3)19-9-11-20(12-10-19)27-18(4)5/h7-12,15,17-18,22H,6,13-14,16H2,1-5H3. The van der Waals surface area contributed by atoms with E-state index in [1.54, 1.807) is 6.26 Å². The van der Waals surface area contributed by atoms with Crippen LogP contribution in [-0.4, -0.2) is 23.5 Å². The van der Waals surface area contributed by atoms with E-state index >= 15 is 0 Å². The van der Waals surface area contributed by atoms with Crippen molar-refractivity contribution in [3.05, 3.63) is 54.0 Å². The van der Waals surface area contributed by atoms with Gasteiger partial charge in [0.2, 0.25) is 5.91 Å². The number of carbonyl (C=O) groups excluding carboxylic acids is 1. The molecule has 4 nitrogen and oxygen atoms in total. The fraction of sp³-hybridized carbons (Fsp3) is 0.522. The van der Waals surface area contributed by atoms with Gasteiger partial charge in [-0.15, -0.1) is 0 Å². The highest BCUT2D eigenvalue weighted by atomic mass is 16.5. The van der Waals surface area contributed by atoms with Crippen LogP contribution in [0.5, 0.6) is 5.75 Å². The van der Waals surface area contributed by atoms with E-state index in [2.05, 4.69) is 26.0 Å². The number of amides is 1. The molecule has 0 radical (unpaired) electrons. The van der Waals surface area contributed by atoms with Crippen LogP contribution in [-0.2, 0) is 11.3 Å². The lowest BCUT2D eigenvalue weighted by molar-refractivity contribution is -0.131. The summed E-state index contributed by atoms with van der Waals surface area (Å²) in [5.74, 6) is 2.77. The lowest BCUT2D eigenvalue weighted by Gasteiger charge is -2.27. The highest BCUT2D eigenvalue weighted by molar-refractivity contribution is 5.75. The van der Waals surface area contributed by atoms with E-state index in [4.69, 9.17) is 9.15 Å². The van der Waals surface area contributed by atoms with Crippen LogP contribution in [0, 0.1) is 5.92 Å². The van der Waals surface area contributed by atoms with Crippen molar-refractivity contribution in [3.8, 4) is 5.75 Å². The molecule has 2 aromatic rings. The van der Waals surface area contributed by atoms with Gasteiger partial charge in [0, 0.05) is 13.0 Å². The summed E-state index contributed by atoms with van der Waals surface area (Å²) >= 11 is 0. The van der Waals surface area contributed by atoms with Gasteiger partial charge < -0.3 is 14.1 Å². The molecule has 0 spiro atoms. The van der Waals surface area contributed by atoms with Crippen LogP contribution in [0.4, 0.5) is 0 Å². The number of hydrogen-bond acceptors (Lipinski definition) is 3. The Hall–Kier alpha value is -2.23. The van der Waals surface area contributed by atoms with Crippen molar-refractivity contribution in [2.75, 3.05) is 6.54 Å². The summed E-state index contributed by atoms with van der Waals surface area (Å²) in [4.78, 5) is 14.3. The molecule has 0 saturated heterocycles. The molecule has 1 aromatic heterocycles. The lowest BCUT2D eigenvalue weighted by Crippen LogP contribution is -2.32. The van der Waals surface area contributed by atoms with E-state index < -0.39 is 0 Å². The van der Waals surface area contributed by atoms with Crippen LogP contribution in [0.1, 0.15) is 64.7 Å². The van der Waals surface area contributed by atoms with Crippen LogP contribution in [0.25, 0.3) is 0 Å². The minimum Gasteiger partial charge on any atom is -0.491 e. The molecule has 1 heterocycles. The Kier molecular flexibility index (Phi) is 7.96. The van der Waals surface area contributed by atoms with Gasteiger partial charge in [0.05, 0.1) is 18.9 Å². The van der Waals surface area contributed by atoms with Crippen molar-refractivity contribution < 1.29 is 13.9 Å². The zero-order chi connectivity index (χ0) is 19.8. The number of nitrogens with zero attached hydrogens (tertiary/aromatic N) is 1. The maximum Gasteiger partial charge on any atom is 0.222 e. The number of carbonyl (C=O) groups is 1. The van der Waals surface area contributed by atoms with Gasteiger partial charge in [0.15, 0.2) is 0 Å². The van der Waals surface area contributed by atoms with Crippen molar-refractivity contribution in [1.29, 1.82) is 0 Å². The first-order chi connectivity index (χ1) is 12.9. The van der Waals surface area contributed by atoms with E-state index in [9.17, 15) is 4.79 Å². The predicted molar refractivity (Wildman–Crippen MR) is 109 cm³/mol. The van der Waals surface area contributed by atoms with E-state index in [1.807, 2.05) is 49.9 Å². The number of ether oxygens (including phenoxy) is 1. The van der Waals surface area contributed by atoms with Gasteiger partial charge in [0.25, 0.3) is 0 Å². The summed E-state index contributed by atoms with van der Waals surface area (Å²) < 4.78 is 11.2. The summed E-state index contributed by atoms with van der Waals surface area (Å²) in [6.45, 7) is 11.7. The van der Waals surface area contributed by atoms with Gasteiger partial charge >= 0.3 is 0 Å². The average molecular weight is 372 g/mol. The third-order valence-electron chi connectivity index (χ3n) is 4.78. The lowest BCUT2D eigenvalue weighted by atomic mass is 9.85. The average Bonchev–Trinajstić information content (AvgIpc) is 3.14. The fourth-order valence-corrected chi connectivity index (χ4v) is 3.35. The fourth-order valence-electron chi connectivity index (χ4n) is 3.35. The molecule has 0 fully saturated rings. The summed E-state index contributed by atoms with van der Waals surface area (Å²) in [5.41, 5.74) is 1.29. The molecule has 1 atom stereocenters. The van der Waals surface area contributed by atoms with Gasteiger partial charge in [-0.2, -0.15) is 0 Å².